The monoisotopic (exact) mass is 616 g/mol. The summed E-state index contributed by atoms with van der Waals surface area (Å²) in [5.41, 5.74) is -1.67. The first-order valence-electron chi connectivity index (χ1n) is 14.9. The van der Waals surface area contributed by atoms with E-state index in [1.54, 1.807) is 32.6 Å². The van der Waals surface area contributed by atoms with E-state index in [1.165, 1.54) is 4.90 Å². The van der Waals surface area contributed by atoms with Crippen molar-refractivity contribution in [1.82, 2.24) is 20.2 Å². The minimum atomic E-state index is -4.68. The molecule has 4 amide bonds. The molecule has 238 valence electrons. The van der Waals surface area contributed by atoms with E-state index in [0.717, 1.165) is 24.3 Å². The van der Waals surface area contributed by atoms with Crippen LogP contribution in [0.15, 0.2) is 0 Å². The third-order valence-electron chi connectivity index (χ3n) is 8.29. The first-order valence-corrected chi connectivity index (χ1v) is 16.2. The van der Waals surface area contributed by atoms with Gasteiger partial charge in [0.05, 0.1) is 24.7 Å². The Morgan fingerprint density at radius 2 is 1.69 bits per heavy atom. The van der Waals surface area contributed by atoms with Crippen LogP contribution >= 0.6 is 0 Å². The third-order valence-corrected chi connectivity index (χ3v) is 9.04. The van der Waals surface area contributed by atoms with Gasteiger partial charge in [-0.05, 0) is 66.2 Å². The van der Waals surface area contributed by atoms with E-state index in [2.05, 4.69) is 5.32 Å². The van der Waals surface area contributed by atoms with Crippen molar-refractivity contribution in [2.24, 2.45) is 5.41 Å². The summed E-state index contributed by atoms with van der Waals surface area (Å²) in [7, 11) is -4.68. The summed E-state index contributed by atoms with van der Waals surface area (Å²) in [6, 6.07) is -2.24. The smallest absolute Gasteiger partial charge is 0.421 e. The number of hydroxylamine groups is 2. The molecule has 2 bridgehead atoms. The minimum Gasteiger partial charge on any atom is -0.465 e. The van der Waals surface area contributed by atoms with Crippen molar-refractivity contribution in [3.8, 4) is 0 Å². The van der Waals surface area contributed by atoms with Gasteiger partial charge in [-0.15, -0.1) is 4.28 Å². The summed E-state index contributed by atoms with van der Waals surface area (Å²) in [6.07, 6.45) is 4.72. The predicted molar refractivity (Wildman–Crippen MR) is 148 cm³/mol. The number of esters is 1. The molecule has 0 spiro atoms. The summed E-state index contributed by atoms with van der Waals surface area (Å²) < 4.78 is 46.4. The lowest BCUT2D eigenvalue weighted by atomic mass is 9.75. The van der Waals surface area contributed by atoms with Gasteiger partial charge in [-0.1, -0.05) is 19.3 Å². The molecule has 2 atom stereocenters. The fourth-order valence-electron chi connectivity index (χ4n) is 6.06. The van der Waals surface area contributed by atoms with Crippen LogP contribution in [0.2, 0.25) is 0 Å². The first kappa shape index (κ1) is 32.3. The van der Waals surface area contributed by atoms with Crippen LogP contribution in [0.5, 0.6) is 0 Å². The Morgan fingerprint density at radius 1 is 1.02 bits per heavy atom. The van der Waals surface area contributed by atoms with Crippen LogP contribution in [0.1, 0.15) is 85.5 Å². The quantitative estimate of drug-likeness (QED) is 0.381. The number of nitrogens with zero attached hydrogens (tertiary/aromatic N) is 3. The van der Waals surface area contributed by atoms with E-state index in [4.69, 9.17) is 17.9 Å². The Labute approximate surface area is 247 Å². The topological polar surface area (TPSA) is 161 Å². The molecule has 4 fully saturated rings. The molecule has 0 aromatic rings. The molecule has 1 N–H and O–H groups in total. The number of amides is 4. The van der Waals surface area contributed by atoms with Crippen molar-refractivity contribution in [2.75, 3.05) is 32.8 Å². The third kappa shape index (κ3) is 7.64. The number of nitrogens with one attached hydrogen (secondary N) is 1. The zero-order valence-electron chi connectivity index (χ0n) is 25.0. The summed E-state index contributed by atoms with van der Waals surface area (Å²) >= 11 is 0. The molecule has 0 aromatic heterocycles. The van der Waals surface area contributed by atoms with E-state index in [-0.39, 0.29) is 31.2 Å². The average molecular weight is 617 g/mol. The zero-order chi connectivity index (χ0) is 30.7. The molecule has 1 aliphatic carbocycles. The molecule has 3 heterocycles. The molecule has 15 heteroatoms. The van der Waals surface area contributed by atoms with Crippen LogP contribution in [0.25, 0.3) is 0 Å². The highest BCUT2D eigenvalue weighted by Crippen LogP contribution is 2.39. The zero-order valence-corrected chi connectivity index (χ0v) is 25.8. The van der Waals surface area contributed by atoms with Crippen molar-refractivity contribution in [3.63, 3.8) is 0 Å². The fourth-order valence-corrected chi connectivity index (χ4v) is 6.85. The van der Waals surface area contributed by atoms with Crippen molar-refractivity contribution in [2.45, 2.75) is 109 Å². The second kappa shape index (κ2) is 12.9. The van der Waals surface area contributed by atoms with Crippen molar-refractivity contribution < 1.29 is 45.5 Å². The van der Waals surface area contributed by atoms with Gasteiger partial charge in [0.1, 0.15) is 11.6 Å². The number of hydrogen-bond acceptors (Lipinski definition) is 10. The van der Waals surface area contributed by atoms with Gasteiger partial charge in [-0.2, -0.15) is 13.5 Å². The molecule has 0 radical (unpaired) electrons. The van der Waals surface area contributed by atoms with Crippen LogP contribution < -0.4 is 5.32 Å². The number of carbonyl (C=O) groups is 4. The summed E-state index contributed by atoms with van der Waals surface area (Å²) in [6.45, 7) is 7.85. The second-order valence-electron chi connectivity index (χ2n) is 12.6. The van der Waals surface area contributed by atoms with Crippen LogP contribution in [0.4, 0.5) is 9.59 Å². The highest BCUT2D eigenvalue weighted by atomic mass is 32.3. The maximum atomic E-state index is 13.2. The van der Waals surface area contributed by atoms with E-state index >= 15 is 0 Å². The Kier molecular flexibility index (Phi) is 9.93. The molecule has 4 rings (SSSR count). The van der Waals surface area contributed by atoms with Gasteiger partial charge in [0.2, 0.25) is 5.91 Å². The number of piperidine rings is 2. The van der Waals surface area contributed by atoms with Gasteiger partial charge in [0, 0.05) is 25.7 Å². The first-order chi connectivity index (χ1) is 19.7. The molecule has 0 aromatic carbocycles. The standard InChI is InChI=1S/C27H44N4O10S/c1-5-38-23(33)27(13-7-6-8-14-27)18-39-42(36,37)41-31-20-9-10-21(30(17-20)24(31)34)22(32)28-19-11-15-29(16-12-19)25(35)40-26(2,3)4/h19-21H,5-18H2,1-4H3,(H,28,32)/t20?,21-/m0/s1. The van der Waals surface area contributed by atoms with Gasteiger partial charge in [0.15, 0.2) is 0 Å². The summed E-state index contributed by atoms with van der Waals surface area (Å²) in [5, 5.41) is 3.75. The number of ether oxygens (including phenoxy) is 2. The summed E-state index contributed by atoms with van der Waals surface area (Å²) in [4.78, 5) is 54.2. The fraction of sp³-hybridized carbons (Fsp3) is 0.852. The van der Waals surface area contributed by atoms with Gasteiger partial charge < -0.3 is 24.6 Å². The molecular weight excluding hydrogens is 572 g/mol. The van der Waals surface area contributed by atoms with Crippen molar-refractivity contribution in [1.29, 1.82) is 0 Å². The van der Waals surface area contributed by atoms with E-state index in [1.807, 2.05) is 0 Å². The predicted octanol–water partition coefficient (Wildman–Crippen LogP) is 2.48. The molecular formula is C27H44N4O10S. The number of fused-ring (bicyclic) bond motifs is 2. The molecule has 3 saturated heterocycles. The van der Waals surface area contributed by atoms with Gasteiger partial charge >= 0.3 is 28.5 Å². The molecule has 1 saturated carbocycles. The normalized spacial score (nSPS) is 24.9. The lowest BCUT2D eigenvalue weighted by Crippen LogP contribution is -2.54. The number of urea groups is 1. The highest BCUT2D eigenvalue weighted by Gasteiger charge is 2.50. The Bertz CT molecular complexity index is 1130. The van der Waals surface area contributed by atoms with E-state index in [0.29, 0.717) is 51.6 Å². The molecule has 42 heavy (non-hydrogen) atoms. The van der Waals surface area contributed by atoms with E-state index < -0.39 is 52.1 Å². The van der Waals surface area contributed by atoms with Crippen LogP contribution in [0.3, 0.4) is 0 Å². The second-order valence-corrected chi connectivity index (χ2v) is 13.8. The lowest BCUT2D eigenvalue weighted by molar-refractivity contribution is -0.160. The lowest BCUT2D eigenvalue weighted by Gasteiger charge is -2.35. The SMILES string of the molecule is CCOC(=O)C1(COS(=O)(=O)ON2C(=O)N3CC2CC[C@H]3C(=O)NC2CCN(C(=O)OC(C)(C)C)CC2)CCCCC1. The van der Waals surface area contributed by atoms with Crippen molar-refractivity contribution >= 4 is 34.4 Å². The van der Waals surface area contributed by atoms with Gasteiger partial charge in [0.25, 0.3) is 0 Å². The van der Waals surface area contributed by atoms with Crippen molar-refractivity contribution in [3.05, 3.63) is 0 Å². The molecule has 14 nitrogen and oxygen atoms in total. The maximum Gasteiger partial charge on any atom is 0.421 e. The van der Waals surface area contributed by atoms with E-state index in [9.17, 15) is 27.6 Å². The van der Waals surface area contributed by atoms with Gasteiger partial charge in [-0.3, -0.25) is 9.59 Å². The number of rotatable bonds is 9. The molecule has 3 aliphatic heterocycles. The Morgan fingerprint density at radius 3 is 2.31 bits per heavy atom. The molecule has 1 unspecified atom stereocenters. The number of hydrogen-bond donors (Lipinski definition) is 1. The number of likely N-dealkylation sites (tertiary alicyclic amines) is 1. The Balaban J connectivity index is 1.29. The summed E-state index contributed by atoms with van der Waals surface area (Å²) in [5.74, 6) is -0.823. The van der Waals surface area contributed by atoms with Gasteiger partial charge in [-0.25, -0.2) is 13.8 Å². The maximum absolute atomic E-state index is 13.2. The van der Waals surface area contributed by atoms with Crippen LogP contribution in [-0.2, 0) is 37.9 Å². The van der Waals surface area contributed by atoms with Crippen LogP contribution in [-0.4, -0.2) is 104 Å². The van der Waals surface area contributed by atoms with Crippen LogP contribution in [0, 0.1) is 5.41 Å². The largest absolute Gasteiger partial charge is 0.465 e. The minimum absolute atomic E-state index is 0.135. The Hall–Kier alpha value is -2.65. The highest BCUT2D eigenvalue weighted by molar-refractivity contribution is 7.81. The number of carbonyl (C=O) groups excluding carboxylic acids is 4. The average Bonchev–Trinajstić information content (AvgIpc) is 3.16. The molecule has 4 aliphatic rings.